The summed E-state index contributed by atoms with van der Waals surface area (Å²) in [7, 11) is 1.75. The molecule has 0 saturated heterocycles. The van der Waals surface area contributed by atoms with E-state index in [1.807, 2.05) is 0 Å². The van der Waals surface area contributed by atoms with E-state index in [4.69, 9.17) is 0 Å². The molecule has 0 radical (unpaired) electrons. The molecule has 0 spiro atoms. The molecule has 1 unspecified atom stereocenters. The van der Waals surface area contributed by atoms with Gasteiger partial charge in [-0.2, -0.15) is 5.10 Å². The molecule has 6 nitrogen and oxygen atoms in total. The Morgan fingerprint density at radius 2 is 2.24 bits per heavy atom. The molecular weight excluding hydrogens is 249 g/mol. The van der Waals surface area contributed by atoms with Crippen LogP contribution in [0.5, 0.6) is 0 Å². The van der Waals surface area contributed by atoms with E-state index < -0.39 is 5.97 Å². The van der Waals surface area contributed by atoms with Crippen LogP contribution in [0, 0.1) is 0 Å². The maximum absolute atomic E-state index is 11.6. The summed E-state index contributed by atoms with van der Waals surface area (Å²) in [6.45, 7) is 1.83. The molecule has 0 aromatic carbocycles. The van der Waals surface area contributed by atoms with Gasteiger partial charge in [0.2, 0.25) is 5.91 Å². The van der Waals surface area contributed by atoms with Crippen LogP contribution < -0.4 is 61.8 Å². The second-order valence-electron chi connectivity index (χ2n) is 3.51. The first-order valence-corrected chi connectivity index (χ1v) is 4.98. The Labute approximate surface area is 142 Å². The fourth-order valence-electron chi connectivity index (χ4n) is 1.38. The number of aryl methyl sites for hydroxylation is 1. The molecular formula is C10H14KN3O3. The van der Waals surface area contributed by atoms with Gasteiger partial charge in [0, 0.05) is 32.2 Å². The van der Waals surface area contributed by atoms with Gasteiger partial charge in [-0.1, -0.05) is 0 Å². The van der Waals surface area contributed by atoms with Gasteiger partial charge in [-0.15, -0.1) is 0 Å². The molecule has 1 heterocycles. The Balaban J connectivity index is 0.00000256. The summed E-state index contributed by atoms with van der Waals surface area (Å²) in [5.41, 5.74) is 0.783. The molecule has 17 heavy (non-hydrogen) atoms. The van der Waals surface area contributed by atoms with Crippen molar-refractivity contribution in [2.45, 2.75) is 19.3 Å². The molecule has 1 rings (SSSR count). The van der Waals surface area contributed by atoms with Crippen LogP contribution in [-0.2, 0) is 16.6 Å². The monoisotopic (exact) mass is 263 g/mol. The molecule has 0 saturated carbocycles. The van der Waals surface area contributed by atoms with E-state index in [1.165, 1.54) is 0 Å². The van der Waals surface area contributed by atoms with E-state index in [0.717, 1.165) is 5.69 Å². The Bertz CT molecular complexity index is 392. The number of carbonyl (C=O) groups excluding carboxylic acids is 2. The van der Waals surface area contributed by atoms with Gasteiger partial charge in [-0.3, -0.25) is 9.48 Å². The summed E-state index contributed by atoms with van der Waals surface area (Å²) in [5, 5.41) is 16.6. The number of rotatable bonds is 5. The van der Waals surface area contributed by atoms with E-state index in [-0.39, 0.29) is 76.2 Å². The van der Waals surface area contributed by atoms with Crippen LogP contribution >= 0.6 is 0 Å². The van der Waals surface area contributed by atoms with Crippen LogP contribution in [0.2, 0.25) is 0 Å². The molecule has 0 aliphatic heterocycles. The zero-order valence-electron chi connectivity index (χ0n) is 10.3. The van der Waals surface area contributed by atoms with Crippen LogP contribution in [-0.4, -0.2) is 28.2 Å². The Morgan fingerprint density at radius 3 is 2.71 bits per heavy atom. The van der Waals surface area contributed by atoms with Crippen LogP contribution in [0.4, 0.5) is 0 Å². The van der Waals surface area contributed by atoms with Crippen molar-refractivity contribution in [1.82, 2.24) is 15.1 Å². The number of hydrogen-bond acceptors (Lipinski definition) is 4. The van der Waals surface area contributed by atoms with Crippen molar-refractivity contribution in [1.29, 1.82) is 0 Å². The molecule has 1 aromatic heterocycles. The summed E-state index contributed by atoms with van der Waals surface area (Å²) in [6.07, 6.45) is 1.43. The molecule has 1 amide bonds. The number of amides is 1. The molecule has 88 valence electrons. The standard InChI is InChI=1S/C10H15N3O3.K/c1-7(8-3-6-12-13(8)2)10(16)11-5-4-9(14)15;/h3,6-7H,4-5H2,1-2H3,(H,11,16)(H,14,15);/q;+1/p-1. The minimum atomic E-state index is -1.17. The molecule has 1 atom stereocenters. The molecule has 0 bridgehead atoms. The zero-order valence-corrected chi connectivity index (χ0v) is 13.4. The minimum Gasteiger partial charge on any atom is -0.550 e. The maximum atomic E-state index is 11.6. The quantitative estimate of drug-likeness (QED) is 0.546. The van der Waals surface area contributed by atoms with Gasteiger partial charge < -0.3 is 15.2 Å². The van der Waals surface area contributed by atoms with E-state index in [1.54, 1.807) is 30.9 Å². The van der Waals surface area contributed by atoms with Crippen LogP contribution in [0.3, 0.4) is 0 Å². The van der Waals surface area contributed by atoms with Gasteiger partial charge in [0.1, 0.15) is 0 Å². The van der Waals surface area contributed by atoms with Crippen molar-refractivity contribution in [3.05, 3.63) is 18.0 Å². The largest absolute Gasteiger partial charge is 1.00 e. The number of nitrogens with zero attached hydrogens (tertiary/aromatic N) is 2. The fourth-order valence-corrected chi connectivity index (χ4v) is 1.38. The Hall–Kier alpha value is -0.214. The van der Waals surface area contributed by atoms with Crippen molar-refractivity contribution < 1.29 is 66.1 Å². The van der Waals surface area contributed by atoms with E-state index in [9.17, 15) is 14.7 Å². The fraction of sp³-hybridized carbons (Fsp3) is 0.500. The topological polar surface area (TPSA) is 87.1 Å². The molecule has 1 aromatic rings. The average molecular weight is 263 g/mol. The third-order valence-electron chi connectivity index (χ3n) is 2.32. The Morgan fingerprint density at radius 1 is 1.59 bits per heavy atom. The first-order chi connectivity index (χ1) is 7.52. The maximum Gasteiger partial charge on any atom is 1.00 e. The van der Waals surface area contributed by atoms with Gasteiger partial charge in [-0.25, -0.2) is 0 Å². The third kappa shape index (κ3) is 5.30. The van der Waals surface area contributed by atoms with Crippen molar-refractivity contribution >= 4 is 11.9 Å². The summed E-state index contributed by atoms with van der Waals surface area (Å²) >= 11 is 0. The summed E-state index contributed by atoms with van der Waals surface area (Å²) in [4.78, 5) is 21.8. The van der Waals surface area contributed by atoms with Gasteiger partial charge in [0.25, 0.3) is 0 Å². The van der Waals surface area contributed by atoms with Crippen LogP contribution in [0.25, 0.3) is 0 Å². The number of hydrogen-bond donors (Lipinski definition) is 1. The molecule has 0 fully saturated rings. The normalized spacial score (nSPS) is 11.4. The summed E-state index contributed by atoms with van der Waals surface area (Å²) in [5.74, 6) is -1.74. The number of aliphatic carboxylic acids is 1. The SMILES string of the molecule is CC(C(=O)NCCC(=O)[O-])c1ccnn1C.[K+]. The average Bonchev–Trinajstić information content (AvgIpc) is 2.62. The van der Waals surface area contributed by atoms with Crippen molar-refractivity contribution in [3.8, 4) is 0 Å². The third-order valence-corrected chi connectivity index (χ3v) is 2.32. The zero-order chi connectivity index (χ0) is 12.1. The second kappa shape index (κ2) is 7.99. The van der Waals surface area contributed by atoms with Crippen LogP contribution in [0.1, 0.15) is 25.0 Å². The van der Waals surface area contributed by atoms with Crippen molar-refractivity contribution in [2.24, 2.45) is 7.05 Å². The van der Waals surface area contributed by atoms with Crippen molar-refractivity contribution in [3.63, 3.8) is 0 Å². The number of carbonyl (C=O) groups is 2. The number of carboxylic acids is 1. The first kappa shape index (κ1) is 16.8. The van der Waals surface area contributed by atoms with Gasteiger partial charge in [0.05, 0.1) is 11.6 Å². The minimum absolute atomic E-state index is 0. The summed E-state index contributed by atoms with van der Waals surface area (Å²) in [6, 6.07) is 1.75. The number of aromatic nitrogens is 2. The predicted molar refractivity (Wildman–Crippen MR) is 54.3 cm³/mol. The van der Waals surface area contributed by atoms with Gasteiger partial charge in [-0.05, 0) is 13.0 Å². The van der Waals surface area contributed by atoms with E-state index in [2.05, 4.69) is 10.4 Å². The first-order valence-electron chi connectivity index (χ1n) is 4.98. The van der Waals surface area contributed by atoms with E-state index >= 15 is 0 Å². The second-order valence-corrected chi connectivity index (χ2v) is 3.51. The predicted octanol–water partition coefficient (Wildman–Crippen LogP) is -4.22. The molecule has 7 heteroatoms. The van der Waals surface area contributed by atoms with Gasteiger partial charge in [0.15, 0.2) is 0 Å². The molecule has 1 N–H and O–H groups in total. The summed E-state index contributed by atoms with van der Waals surface area (Å²) < 4.78 is 1.61. The van der Waals surface area contributed by atoms with Gasteiger partial charge >= 0.3 is 51.4 Å². The number of nitrogens with one attached hydrogen (secondary N) is 1. The smallest absolute Gasteiger partial charge is 0.550 e. The number of carboxylic acid groups (broad SMARTS) is 1. The Kier molecular flexibility index (Phi) is 7.89. The molecule has 0 aliphatic rings. The van der Waals surface area contributed by atoms with E-state index in [0.29, 0.717) is 0 Å². The van der Waals surface area contributed by atoms with Crippen molar-refractivity contribution in [2.75, 3.05) is 6.54 Å². The van der Waals surface area contributed by atoms with Crippen LogP contribution in [0.15, 0.2) is 12.3 Å². The molecule has 0 aliphatic carbocycles.